The van der Waals surface area contributed by atoms with Crippen molar-refractivity contribution in [2.24, 2.45) is 10.3 Å². The highest BCUT2D eigenvalue weighted by Gasteiger charge is 2.30. The summed E-state index contributed by atoms with van der Waals surface area (Å²) in [6, 6.07) is 2.43. The second kappa shape index (κ2) is 4.63. The first-order valence-corrected chi connectivity index (χ1v) is 4.03. The van der Waals surface area contributed by atoms with E-state index >= 15 is 0 Å². The third-order valence-corrected chi connectivity index (χ3v) is 1.81. The molecule has 5 nitrogen and oxygen atoms in total. The van der Waals surface area contributed by atoms with E-state index in [0.29, 0.717) is 0 Å². The monoisotopic (exact) mass is 230 g/mol. The molecule has 0 radical (unpaired) electrons. The molecule has 1 aromatic carbocycles. The van der Waals surface area contributed by atoms with Gasteiger partial charge in [0.25, 0.3) is 0 Å². The van der Waals surface area contributed by atoms with E-state index in [2.05, 4.69) is 15.2 Å². The lowest BCUT2D eigenvalue weighted by molar-refractivity contribution is -0.137. The van der Waals surface area contributed by atoms with Crippen LogP contribution in [0.2, 0.25) is 0 Å². The van der Waals surface area contributed by atoms with Gasteiger partial charge in [0.1, 0.15) is 5.69 Å². The topological polar surface area (TPSA) is 78.2 Å². The van der Waals surface area contributed by atoms with Gasteiger partial charge in [-0.25, -0.2) is 0 Å². The van der Waals surface area contributed by atoms with Gasteiger partial charge in [-0.3, -0.25) is 0 Å². The summed E-state index contributed by atoms with van der Waals surface area (Å²) in [6.45, 7) is -0.346. The van der Waals surface area contributed by atoms with Crippen molar-refractivity contribution in [2.45, 2.75) is 12.7 Å². The van der Waals surface area contributed by atoms with E-state index in [0.717, 1.165) is 18.2 Å². The molecular weight excluding hydrogens is 225 g/mol. The van der Waals surface area contributed by atoms with Crippen LogP contribution in [0.1, 0.15) is 11.1 Å². The van der Waals surface area contributed by atoms with E-state index in [1.165, 1.54) is 0 Å². The van der Waals surface area contributed by atoms with Crippen molar-refractivity contribution >= 4 is 5.69 Å². The second-order valence-electron chi connectivity index (χ2n) is 2.82. The van der Waals surface area contributed by atoms with Gasteiger partial charge in [-0.15, -0.1) is 4.91 Å². The summed E-state index contributed by atoms with van der Waals surface area (Å²) in [5, 5.41) is 5.63. The number of hydrogen-bond acceptors (Lipinski definition) is 3. The number of rotatable bonds is 3. The Morgan fingerprint density at radius 2 is 2.06 bits per heavy atom. The smallest absolute Gasteiger partial charge is 0.166 e. The van der Waals surface area contributed by atoms with E-state index in [-0.39, 0.29) is 17.8 Å². The van der Waals surface area contributed by atoms with Gasteiger partial charge in [0.2, 0.25) is 0 Å². The van der Waals surface area contributed by atoms with Crippen molar-refractivity contribution in [3.8, 4) is 0 Å². The highest BCUT2D eigenvalue weighted by molar-refractivity contribution is 5.48. The van der Waals surface area contributed by atoms with Crippen LogP contribution in [-0.2, 0) is 12.7 Å². The molecule has 1 rings (SSSR count). The van der Waals surface area contributed by atoms with Gasteiger partial charge in [0.15, 0.2) is 0 Å². The number of nitrogens with zero attached hydrogens (tertiary/aromatic N) is 4. The third kappa shape index (κ3) is 2.71. The summed E-state index contributed by atoms with van der Waals surface area (Å²) in [5.74, 6) is 0. The number of alkyl halides is 3. The maximum absolute atomic E-state index is 12.3. The molecule has 1 aromatic rings. The van der Waals surface area contributed by atoms with Crippen molar-refractivity contribution in [3.05, 3.63) is 44.7 Å². The minimum Gasteiger partial charge on any atom is -0.166 e. The molecule has 0 bridgehead atoms. The zero-order chi connectivity index (χ0) is 12.2. The maximum Gasteiger partial charge on any atom is 0.416 e. The van der Waals surface area contributed by atoms with Crippen LogP contribution < -0.4 is 0 Å². The van der Waals surface area contributed by atoms with Crippen LogP contribution in [0.5, 0.6) is 0 Å². The lowest BCUT2D eigenvalue weighted by Gasteiger charge is -2.08. The summed E-state index contributed by atoms with van der Waals surface area (Å²) in [5.41, 5.74) is 6.91. The van der Waals surface area contributed by atoms with E-state index in [9.17, 15) is 18.1 Å². The first-order valence-electron chi connectivity index (χ1n) is 4.03. The predicted molar refractivity (Wildman–Crippen MR) is 49.7 cm³/mol. The van der Waals surface area contributed by atoms with Gasteiger partial charge in [0.05, 0.1) is 12.1 Å². The molecular formula is C8H5F3N4O. The lowest BCUT2D eigenvalue weighted by Crippen LogP contribution is -2.05. The molecule has 84 valence electrons. The van der Waals surface area contributed by atoms with Crippen molar-refractivity contribution in [2.75, 3.05) is 0 Å². The fourth-order valence-corrected chi connectivity index (χ4v) is 1.09. The van der Waals surface area contributed by atoms with Crippen LogP contribution in [0, 0.1) is 4.91 Å². The largest absolute Gasteiger partial charge is 0.416 e. The molecule has 0 aromatic heterocycles. The molecule has 0 spiro atoms. The summed E-state index contributed by atoms with van der Waals surface area (Å²) in [4.78, 5) is 12.7. The Labute approximate surface area is 87.5 Å². The third-order valence-electron chi connectivity index (χ3n) is 1.81. The number of benzene rings is 1. The molecule has 0 aliphatic rings. The minimum atomic E-state index is -4.51. The standard InChI is InChI=1S/C8H5F3N4O/c9-8(10,11)6-1-2-7(14-16)5(3-6)4-13-15-12/h1-3H,4H2. The zero-order valence-electron chi connectivity index (χ0n) is 7.77. The van der Waals surface area contributed by atoms with Gasteiger partial charge in [-0.1, -0.05) is 5.11 Å². The molecule has 0 saturated heterocycles. The Bertz CT molecular complexity index is 451. The van der Waals surface area contributed by atoms with E-state index in [4.69, 9.17) is 5.53 Å². The predicted octanol–water partition coefficient (Wildman–Crippen LogP) is 3.91. The van der Waals surface area contributed by atoms with Crippen molar-refractivity contribution < 1.29 is 13.2 Å². The number of azide groups is 1. The SMILES string of the molecule is [N-]=[N+]=NCc1cc(C(F)(F)F)ccc1N=O. The summed E-state index contributed by atoms with van der Waals surface area (Å²) in [7, 11) is 0. The minimum absolute atomic E-state index is 0.0531. The molecule has 0 fully saturated rings. The van der Waals surface area contributed by atoms with Gasteiger partial charge < -0.3 is 0 Å². The average Bonchev–Trinajstić information content (AvgIpc) is 2.24. The van der Waals surface area contributed by atoms with E-state index in [1.807, 2.05) is 0 Å². The first kappa shape index (κ1) is 12.0. The number of halogens is 3. The Kier molecular flexibility index (Phi) is 3.47. The fourth-order valence-electron chi connectivity index (χ4n) is 1.09. The summed E-state index contributed by atoms with van der Waals surface area (Å²) < 4.78 is 36.9. The second-order valence-corrected chi connectivity index (χ2v) is 2.82. The van der Waals surface area contributed by atoms with Crippen LogP contribution in [0.4, 0.5) is 18.9 Å². The highest BCUT2D eigenvalue weighted by Crippen LogP contribution is 2.32. The molecule has 0 atom stereocenters. The average molecular weight is 230 g/mol. The molecule has 0 N–H and O–H groups in total. The first-order chi connectivity index (χ1) is 7.49. The van der Waals surface area contributed by atoms with Gasteiger partial charge in [0, 0.05) is 4.91 Å². The van der Waals surface area contributed by atoms with Gasteiger partial charge in [-0.05, 0) is 34.5 Å². The molecule has 0 heterocycles. The molecule has 0 unspecified atom stereocenters. The van der Waals surface area contributed by atoms with Crippen LogP contribution in [0.3, 0.4) is 0 Å². The fraction of sp³-hybridized carbons (Fsp3) is 0.250. The van der Waals surface area contributed by atoms with Crippen molar-refractivity contribution in [1.29, 1.82) is 0 Å². The molecule has 8 heteroatoms. The Balaban J connectivity index is 3.20. The van der Waals surface area contributed by atoms with Crippen LogP contribution in [-0.4, -0.2) is 0 Å². The number of nitroso groups, excluding NO2 is 1. The Morgan fingerprint density at radius 3 is 2.56 bits per heavy atom. The Morgan fingerprint density at radius 1 is 1.38 bits per heavy atom. The molecule has 0 saturated carbocycles. The quantitative estimate of drug-likeness (QED) is 0.335. The normalized spacial score (nSPS) is 10.7. The molecule has 16 heavy (non-hydrogen) atoms. The van der Waals surface area contributed by atoms with Crippen molar-refractivity contribution in [1.82, 2.24) is 0 Å². The van der Waals surface area contributed by atoms with Crippen LogP contribution in [0.15, 0.2) is 28.5 Å². The maximum atomic E-state index is 12.3. The molecule has 0 aliphatic carbocycles. The molecule has 0 amide bonds. The summed E-state index contributed by atoms with van der Waals surface area (Å²) >= 11 is 0. The number of hydrogen-bond donors (Lipinski definition) is 0. The van der Waals surface area contributed by atoms with E-state index in [1.54, 1.807) is 0 Å². The highest BCUT2D eigenvalue weighted by atomic mass is 19.4. The molecule has 0 aliphatic heterocycles. The summed E-state index contributed by atoms with van der Waals surface area (Å²) in [6.07, 6.45) is -4.51. The lowest BCUT2D eigenvalue weighted by atomic mass is 10.1. The van der Waals surface area contributed by atoms with Crippen LogP contribution in [0.25, 0.3) is 10.4 Å². The van der Waals surface area contributed by atoms with Crippen molar-refractivity contribution in [3.63, 3.8) is 0 Å². The van der Waals surface area contributed by atoms with E-state index < -0.39 is 11.7 Å². The van der Waals surface area contributed by atoms with Gasteiger partial charge in [-0.2, -0.15) is 13.2 Å². The Hall–Kier alpha value is -2.08. The zero-order valence-corrected chi connectivity index (χ0v) is 7.77. The van der Waals surface area contributed by atoms with Crippen LogP contribution >= 0.6 is 0 Å². The van der Waals surface area contributed by atoms with Gasteiger partial charge >= 0.3 is 6.18 Å².